The Morgan fingerprint density at radius 3 is 1.80 bits per heavy atom. The minimum absolute atomic E-state index is 0.365. The van der Waals surface area contributed by atoms with Crippen LogP contribution in [-0.2, 0) is 0 Å². The van der Waals surface area contributed by atoms with E-state index in [1.807, 2.05) is 15.0 Å². The van der Waals surface area contributed by atoms with Gasteiger partial charge in [-0.25, -0.2) is 14.4 Å². The summed E-state index contributed by atoms with van der Waals surface area (Å²) in [7, 11) is 0. The van der Waals surface area contributed by atoms with Gasteiger partial charge in [0.25, 0.3) is 11.1 Å². The van der Waals surface area contributed by atoms with E-state index in [1.54, 1.807) is 6.92 Å². The van der Waals surface area contributed by atoms with Crippen LogP contribution >= 0.6 is 0 Å². The van der Waals surface area contributed by atoms with E-state index in [9.17, 15) is 24.0 Å². The number of H-pyrrole nitrogens is 4. The van der Waals surface area contributed by atoms with Gasteiger partial charge >= 0.3 is 17.3 Å². The van der Waals surface area contributed by atoms with Gasteiger partial charge in [-0.3, -0.25) is 19.6 Å². The van der Waals surface area contributed by atoms with Gasteiger partial charge < -0.3 is 15.1 Å². The van der Waals surface area contributed by atoms with Crippen molar-refractivity contribution in [1.29, 1.82) is 0 Å². The molecule has 0 amide bonds. The van der Waals surface area contributed by atoms with Gasteiger partial charge in [-0.05, 0) is 6.92 Å². The molecule has 0 spiro atoms. The molecule has 2 rings (SSSR count). The van der Waals surface area contributed by atoms with E-state index in [0.29, 0.717) is 5.69 Å². The first kappa shape index (κ1) is 14.9. The molecule has 0 radical (unpaired) electrons. The maximum atomic E-state index is 10.5. The first-order valence-electron chi connectivity index (χ1n) is 5.15. The van der Waals surface area contributed by atoms with Crippen LogP contribution in [-0.4, -0.2) is 31.0 Å². The van der Waals surface area contributed by atoms with Crippen molar-refractivity contribution >= 4 is 5.97 Å². The Morgan fingerprint density at radius 1 is 0.900 bits per heavy atom. The summed E-state index contributed by atoms with van der Waals surface area (Å²) >= 11 is 0. The van der Waals surface area contributed by atoms with Crippen molar-refractivity contribution in [2.75, 3.05) is 0 Å². The molecule has 0 fully saturated rings. The van der Waals surface area contributed by atoms with Crippen LogP contribution in [0.4, 0.5) is 0 Å². The van der Waals surface area contributed by atoms with Gasteiger partial charge in [-0.1, -0.05) is 0 Å². The number of carbonyl (C=O) groups is 1. The summed E-state index contributed by atoms with van der Waals surface area (Å²) in [5.41, 5.74) is -2.22. The second-order valence-electron chi connectivity index (χ2n) is 3.58. The number of carboxylic acid groups (broad SMARTS) is 1. The van der Waals surface area contributed by atoms with Crippen molar-refractivity contribution < 1.29 is 9.90 Å². The molecule has 0 atom stereocenters. The van der Waals surface area contributed by atoms with Crippen LogP contribution in [0.15, 0.2) is 31.3 Å². The number of aryl methyl sites for hydroxylation is 1. The van der Waals surface area contributed by atoms with Crippen LogP contribution in [0.2, 0.25) is 0 Å². The van der Waals surface area contributed by atoms with Gasteiger partial charge in [-0.2, -0.15) is 0 Å². The zero-order valence-corrected chi connectivity index (χ0v) is 10.1. The Labute approximate surface area is 109 Å². The second-order valence-corrected chi connectivity index (χ2v) is 3.58. The molecule has 10 nitrogen and oxygen atoms in total. The average molecular weight is 282 g/mol. The molecule has 2 aromatic heterocycles. The van der Waals surface area contributed by atoms with Gasteiger partial charge in [0.2, 0.25) is 0 Å². The molecular formula is C10H10N4O6. The van der Waals surface area contributed by atoms with Crippen LogP contribution in [0.25, 0.3) is 0 Å². The molecule has 2 heterocycles. The van der Waals surface area contributed by atoms with E-state index in [2.05, 4.69) is 4.98 Å². The maximum absolute atomic E-state index is 10.5. The molecule has 20 heavy (non-hydrogen) atoms. The molecule has 10 heteroatoms. The highest BCUT2D eigenvalue weighted by molar-refractivity contribution is 5.84. The van der Waals surface area contributed by atoms with Crippen LogP contribution in [0.5, 0.6) is 0 Å². The van der Waals surface area contributed by atoms with Gasteiger partial charge in [0.05, 0.1) is 0 Å². The molecule has 0 aliphatic rings. The lowest BCUT2D eigenvalue weighted by Crippen LogP contribution is -2.24. The van der Waals surface area contributed by atoms with Crippen LogP contribution in [0.1, 0.15) is 16.2 Å². The molecule has 0 aliphatic carbocycles. The number of hydrogen-bond donors (Lipinski definition) is 5. The van der Waals surface area contributed by atoms with Crippen molar-refractivity contribution in [1.82, 2.24) is 19.9 Å². The fourth-order valence-corrected chi connectivity index (χ4v) is 1.17. The number of carboxylic acids is 1. The standard InChI is InChI=1S/C5H4N2O4.C5H6N2O2/c8-3-1-2(4(9)10)6-5(11)7-3;1-3-2-4(8)7-5(9)6-3/h1H,(H,9,10)(H2,6,7,8,11);2H,1H3,(H2,6,7,8,9). The lowest BCUT2D eigenvalue weighted by Gasteiger charge is -1.89. The number of aromatic nitrogens is 4. The molecule has 2 aromatic rings. The molecule has 5 N–H and O–H groups in total. The topological polar surface area (TPSA) is 169 Å². The predicted octanol–water partition coefficient (Wildman–Crippen LogP) is -1.87. The number of nitrogens with one attached hydrogen (secondary N) is 4. The largest absolute Gasteiger partial charge is 0.477 e. The quantitative estimate of drug-likeness (QED) is 0.410. The van der Waals surface area contributed by atoms with Crippen molar-refractivity contribution in [3.05, 3.63) is 65.2 Å². The van der Waals surface area contributed by atoms with Crippen LogP contribution in [0.3, 0.4) is 0 Å². The van der Waals surface area contributed by atoms with Gasteiger partial charge in [0.1, 0.15) is 5.69 Å². The van der Waals surface area contributed by atoms with Gasteiger partial charge in [0.15, 0.2) is 0 Å². The summed E-state index contributed by atoms with van der Waals surface area (Å²) in [4.78, 5) is 60.2. The lowest BCUT2D eigenvalue weighted by molar-refractivity contribution is 0.0689. The van der Waals surface area contributed by atoms with E-state index < -0.39 is 28.6 Å². The third-order valence-electron chi connectivity index (χ3n) is 1.89. The number of aromatic amines is 4. The molecular weight excluding hydrogens is 272 g/mol. The molecule has 0 bridgehead atoms. The van der Waals surface area contributed by atoms with Crippen LogP contribution in [0, 0.1) is 6.92 Å². The number of rotatable bonds is 1. The van der Waals surface area contributed by atoms with Gasteiger partial charge in [-0.15, -0.1) is 0 Å². The lowest BCUT2D eigenvalue weighted by atomic mass is 10.4. The Balaban J connectivity index is 0.000000204. The third-order valence-corrected chi connectivity index (χ3v) is 1.89. The van der Waals surface area contributed by atoms with E-state index in [1.165, 1.54) is 6.07 Å². The predicted molar refractivity (Wildman–Crippen MR) is 67.1 cm³/mol. The Morgan fingerprint density at radius 2 is 1.40 bits per heavy atom. The molecule has 0 saturated carbocycles. The minimum Gasteiger partial charge on any atom is -0.477 e. The second kappa shape index (κ2) is 6.13. The van der Waals surface area contributed by atoms with Crippen molar-refractivity contribution in [2.24, 2.45) is 0 Å². The molecule has 0 aromatic carbocycles. The van der Waals surface area contributed by atoms with Crippen LogP contribution < -0.4 is 22.5 Å². The SMILES string of the molecule is Cc1cc(=O)[nH]c(=O)[nH]1.O=C(O)c1cc(=O)[nH]c(=O)[nH]1. The summed E-state index contributed by atoms with van der Waals surface area (Å²) < 4.78 is 0. The first-order chi connectivity index (χ1) is 9.27. The Kier molecular flexibility index (Phi) is 4.56. The van der Waals surface area contributed by atoms with Crippen molar-refractivity contribution in [3.63, 3.8) is 0 Å². The molecule has 0 unspecified atom stereocenters. The minimum atomic E-state index is -1.34. The highest BCUT2D eigenvalue weighted by atomic mass is 16.4. The summed E-state index contributed by atoms with van der Waals surface area (Å²) in [5, 5.41) is 8.31. The maximum Gasteiger partial charge on any atom is 0.352 e. The molecule has 0 saturated heterocycles. The van der Waals surface area contributed by atoms with E-state index in [-0.39, 0.29) is 5.56 Å². The normalized spacial score (nSPS) is 9.45. The monoisotopic (exact) mass is 282 g/mol. The number of aromatic carboxylic acids is 1. The highest BCUT2D eigenvalue weighted by Gasteiger charge is 2.03. The highest BCUT2D eigenvalue weighted by Crippen LogP contribution is 1.81. The smallest absolute Gasteiger partial charge is 0.352 e. The molecule has 0 aliphatic heterocycles. The third kappa shape index (κ3) is 4.60. The van der Waals surface area contributed by atoms with E-state index in [4.69, 9.17) is 5.11 Å². The Bertz CT molecular complexity index is 783. The van der Waals surface area contributed by atoms with Crippen molar-refractivity contribution in [2.45, 2.75) is 6.92 Å². The fraction of sp³-hybridized carbons (Fsp3) is 0.100. The zero-order chi connectivity index (χ0) is 15.3. The average Bonchev–Trinajstić information content (AvgIpc) is 2.26. The first-order valence-corrected chi connectivity index (χ1v) is 5.15. The summed E-state index contributed by atoms with van der Waals surface area (Å²) in [5.74, 6) is -1.34. The van der Waals surface area contributed by atoms with E-state index >= 15 is 0 Å². The Hall–Kier alpha value is -3.17. The summed E-state index contributed by atoms with van der Waals surface area (Å²) in [6.45, 7) is 1.65. The zero-order valence-electron chi connectivity index (χ0n) is 10.1. The van der Waals surface area contributed by atoms with Gasteiger partial charge in [0, 0.05) is 17.8 Å². The van der Waals surface area contributed by atoms with E-state index in [0.717, 1.165) is 6.07 Å². The summed E-state index contributed by atoms with van der Waals surface area (Å²) in [6.07, 6.45) is 0. The van der Waals surface area contributed by atoms with Crippen molar-refractivity contribution in [3.8, 4) is 0 Å². The fourth-order valence-electron chi connectivity index (χ4n) is 1.17. The summed E-state index contributed by atoms with van der Waals surface area (Å²) in [6, 6.07) is 2.12. The number of hydrogen-bond acceptors (Lipinski definition) is 5. The molecule has 106 valence electrons.